The summed E-state index contributed by atoms with van der Waals surface area (Å²) >= 11 is 0. The highest BCUT2D eigenvalue weighted by atomic mass is 32.2. The Hall–Kier alpha value is -2.13. The second kappa shape index (κ2) is 7.63. The molecule has 0 saturated heterocycles. The minimum Gasteiger partial charge on any atom is -0.495 e. The first-order valence-corrected chi connectivity index (χ1v) is 8.49. The SMILES string of the molecule is COc1ccc(C(=O)O[C@H](C)C(=O)N(C)C)cc1S(=O)(=O)N(C)C. The van der Waals surface area contributed by atoms with Crippen LogP contribution in [0.2, 0.25) is 0 Å². The Morgan fingerprint density at radius 2 is 1.71 bits per heavy atom. The van der Waals surface area contributed by atoms with Gasteiger partial charge >= 0.3 is 5.97 Å². The van der Waals surface area contributed by atoms with Gasteiger partial charge in [0, 0.05) is 28.2 Å². The van der Waals surface area contributed by atoms with Gasteiger partial charge in [0.1, 0.15) is 10.6 Å². The zero-order valence-electron chi connectivity index (χ0n) is 14.6. The number of ether oxygens (including phenoxy) is 2. The standard InChI is InChI=1S/C15H22N2O6S/c1-10(14(18)16(2)3)23-15(19)11-7-8-12(22-6)13(9-11)24(20,21)17(4)5/h7-10H,1-6H3/t10-/m1/s1. The molecular formula is C15H22N2O6S. The number of sulfonamides is 1. The Kier molecular flexibility index (Phi) is 6.33. The van der Waals surface area contributed by atoms with Crippen molar-refractivity contribution in [2.24, 2.45) is 0 Å². The largest absolute Gasteiger partial charge is 0.495 e. The van der Waals surface area contributed by atoms with Crippen molar-refractivity contribution in [1.29, 1.82) is 0 Å². The third kappa shape index (κ3) is 4.24. The average molecular weight is 358 g/mol. The van der Waals surface area contributed by atoms with Crippen LogP contribution in [-0.4, -0.2) is 70.9 Å². The van der Waals surface area contributed by atoms with E-state index >= 15 is 0 Å². The van der Waals surface area contributed by atoms with E-state index in [-0.39, 0.29) is 22.1 Å². The lowest BCUT2D eigenvalue weighted by Crippen LogP contribution is -2.35. The van der Waals surface area contributed by atoms with Gasteiger partial charge in [0.05, 0.1) is 12.7 Å². The summed E-state index contributed by atoms with van der Waals surface area (Å²) in [5.41, 5.74) is 0.00892. The Bertz CT molecular complexity index is 727. The molecule has 24 heavy (non-hydrogen) atoms. The molecule has 0 aromatic heterocycles. The highest BCUT2D eigenvalue weighted by Crippen LogP contribution is 2.27. The van der Waals surface area contributed by atoms with Gasteiger partial charge in [0.25, 0.3) is 5.91 Å². The number of benzene rings is 1. The minimum absolute atomic E-state index is 0.00892. The van der Waals surface area contributed by atoms with Crippen molar-refractivity contribution in [2.45, 2.75) is 17.9 Å². The van der Waals surface area contributed by atoms with E-state index in [0.29, 0.717) is 0 Å². The van der Waals surface area contributed by atoms with Gasteiger partial charge in [0.2, 0.25) is 10.0 Å². The molecule has 0 radical (unpaired) electrons. The quantitative estimate of drug-likeness (QED) is 0.691. The van der Waals surface area contributed by atoms with E-state index in [2.05, 4.69) is 0 Å². The highest BCUT2D eigenvalue weighted by Gasteiger charge is 2.26. The van der Waals surface area contributed by atoms with Crippen LogP contribution in [0.5, 0.6) is 5.75 Å². The van der Waals surface area contributed by atoms with Gasteiger partial charge in [-0.25, -0.2) is 17.5 Å². The topological polar surface area (TPSA) is 93.2 Å². The van der Waals surface area contributed by atoms with Crippen molar-refractivity contribution in [2.75, 3.05) is 35.3 Å². The molecule has 0 saturated carbocycles. The summed E-state index contributed by atoms with van der Waals surface area (Å²) in [5, 5.41) is 0. The maximum absolute atomic E-state index is 12.3. The smallest absolute Gasteiger partial charge is 0.338 e. The lowest BCUT2D eigenvalue weighted by Gasteiger charge is -2.18. The van der Waals surface area contributed by atoms with E-state index in [1.54, 1.807) is 14.1 Å². The maximum Gasteiger partial charge on any atom is 0.338 e. The van der Waals surface area contributed by atoms with Crippen LogP contribution < -0.4 is 4.74 Å². The summed E-state index contributed by atoms with van der Waals surface area (Å²) in [6.07, 6.45) is -0.983. The average Bonchev–Trinajstić information content (AvgIpc) is 2.52. The van der Waals surface area contributed by atoms with E-state index in [9.17, 15) is 18.0 Å². The number of hydrogen-bond donors (Lipinski definition) is 0. The molecule has 0 aliphatic heterocycles. The summed E-state index contributed by atoms with van der Waals surface area (Å²) in [6, 6.07) is 3.91. The van der Waals surface area contributed by atoms with Crippen LogP contribution in [0.4, 0.5) is 0 Å². The van der Waals surface area contributed by atoms with Gasteiger partial charge in [-0.3, -0.25) is 4.79 Å². The zero-order chi connectivity index (χ0) is 18.7. The number of nitrogens with zero attached hydrogens (tertiary/aromatic N) is 2. The molecule has 0 bridgehead atoms. The van der Waals surface area contributed by atoms with Crippen molar-refractivity contribution in [3.63, 3.8) is 0 Å². The molecule has 134 valence electrons. The van der Waals surface area contributed by atoms with E-state index in [1.807, 2.05) is 0 Å². The van der Waals surface area contributed by atoms with Gasteiger partial charge < -0.3 is 14.4 Å². The van der Waals surface area contributed by atoms with Gasteiger partial charge in [-0.15, -0.1) is 0 Å². The lowest BCUT2D eigenvalue weighted by atomic mass is 10.2. The molecule has 1 atom stereocenters. The van der Waals surface area contributed by atoms with Gasteiger partial charge in [-0.2, -0.15) is 0 Å². The van der Waals surface area contributed by atoms with Gasteiger partial charge in [-0.1, -0.05) is 0 Å². The first kappa shape index (κ1) is 19.9. The Labute approximate surface area is 142 Å². The fourth-order valence-corrected chi connectivity index (χ4v) is 2.92. The van der Waals surface area contributed by atoms with Gasteiger partial charge in [-0.05, 0) is 25.1 Å². The van der Waals surface area contributed by atoms with Crippen molar-refractivity contribution in [3.05, 3.63) is 23.8 Å². The molecule has 0 aliphatic carbocycles. The molecule has 0 heterocycles. The van der Waals surface area contributed by atoms with Crippen molar-refractivity contribution in [3.8, 4) is 5.75 Å². The predicted octanol–water partition coefficient (Wildman–Crippen LogP) is 0.579. The number of rotatable bonds is 6. The lowest BCUT2D eigenvalue weighted by molar-refractivity contribution is -0.137. The fourth-order valence-electron chi connectivity index (χ4n) is 1.84. The van der Waals surface area contributed by atoms with E-state index in [4.69, 9.17) is 9.47 Å². The second-order valence-electron chi connectivity index (χ2n) is 5.43. The monoisotopic (exact) mass is 358 g/mol. The number of amides is 1. The first-order valence-electron chi connectivity index (χ1n) is 7.05. The molecule has 9 heteroatoms. The summed E-state index contributed by atoms with van der Waals surface area (Å²) < 4.78 is 35.8. The van der Waals surface area contributed by atoms with Crippen LogP contribution in [0, 0.1) is 0 Å². The number of carbonyl (C=O) groups excluding carboxylic acids is 2. The third-order valence-corrected chi connectivity index (χ3v) is 5.07. The third-order valence-electron chi connectivity index (χ3n) is 3.23. The molecule has 0 fully saturated rings. The summed E-state index contributed by atoms with van der Waals surface area (Å²) in [6.45, 7) is 1.45. The maximum atomic E-state index is 12.3. The number of methoxy groups -OCH3 is 1. The van der Waals surface area contributed by atoms with E-state index in [1.165, 1.54) is 51.2 Å². The van der Waals surface area contributed by atoms with Crippen LogP contribution in [0.15, 0.2) is 23.1 Å². The summed E-state index contributed by atoms with van der Waals surface area (Å²) in [4.78, 5) is 25.1. The molecular weight excluding hydrogens is 336 g/mol. The van der Waals surface area contributed by atoms with Crippen LogP contribution in [-0.2, 0) is 19.6 Å². The molecule has 1 amide bonds. The molecule has 0 N–H and O–H groups in total. The normalized spacial score (nSPS) is 12.6. The molecule has 1 rings (SSSR count). The number of carbonyl (C=O) groups is 2. The minimum atomic E-state index is -3.81. The van der Waals surface area contributed by atoms with Crippen LogP contribution in [0.3, 0.4) is 0 Å². The molecule has 1 aromatic rings. The second-order valence-corrected chi connectivity index (χ2v) is 7.55. The Morgan fingerprint density at radius 1 is 1.12 bits per heavy atom. The first-order chi connectivity index (χ1) is 11.0. The number of esters is 1. The molecule has 1 aromatic carbocycles. The fraction of sp³-hybridized carbons (Fsp3) is 0.467. The van der Waals surface area contributed by atoms with Crippen molar-refractivity contribution < 1.29 is 27.5 Å². The molecule has 8 nitrogen and oxygen atoms in total. The van der Waals surface area contributed by atoms with Crippen molar-refractivity contribution in [1.82, 2.24) is 9.21 Å². The summed E-state index contributed by atoms with van der Waals surface area (Å²) in [7, 11) is 3.36. The van der Waals surface area contributed by atoms with Crippen LogP contribution in [0.25, 0.3) is 0 Å². The van der Waals surface area contributed by atoms with E-state index in [0.717, 1.165) is 4.31 Å². The molecule has 0 unspecified atom stereocenters. The van der Waals surface area contributed by atoms with E-state index < -0.39 is 22.1 Å². The highest BCUT2D eigenvalue weighted by molar-refractivity contribution is 7.89. The Balaban J connectivity index is 3.19. The Morgan fingerprint density at radius 3 is 2.17 bits per heavy atom. The van der Waals surface area contributed by atoms with Crippen LogP contribution in [0.1, 0.15) is 17.3 Å². The van der Waals surface area contributed by atoms with Gasteiger partial charge in [0.15, 0.2) is 6.10 Å². The summed E-state index contributed by atoms with van der Waals surface area (Å²) in [5.74, 6) is -1.06. The predicted molar refractivity (Wildman–Crippen MR) is 87.4 cm³/mol. The zero-order valence-corrected chi connectivity index (χ0v) is 15.4. The molecule has 0 spiro atoms. The molecule has 0 aliphatic rings. The van der Waals surface area contributed by atoms with Crippen molar-refractivity contribution >= 4 is 21.9 Å². The van der Waals surface area contributed by atoms with Crippen LogP contribution >= 0.6 is 0 Å². The number of likely N-dealkylation sites (N-methyl/N-ethyl adjacent to an activating group) is 1. The number of hydrogen-bond acceptors (Lipinski definition) is 6.